The number of hydrogen-bond donors (Lipinski definition) is 1. The first kappa shape index (κ1) is 20.4. The summed E-state index contributed by atoms with van der Waals surface area (Å²) in [6.45, 7) is 2.09. The molecule has 3 rings (SSSR count). The maximum absolute atomic E-state index is 11.7. The Morgan fingerprint density at radius 2 is 1.70 bits per heavy atom. The first-order valence-electron chi connectivity index (χ1n) is 8.93. The lowest BCUT2D eigenvalue weighted by Gasteiger charge is -2.12. The maximum atomic E-state index is 11.7. The Morgan fingerprint density at radius 3 is 2.37 bits per heavy atom. The molecule has 0 aliphatic carbocycles. The van der Waals surface area contributed by atoms with E-state index in [0.29, 0.717) is 23.5 Å². The molecule has 8 heteroatoms. The normalized spacial score (nSPS) is 10.7. The number of ether oxygens (including phenoxy) is 3. The van der Waals surface area contributed by atoms with Gasteiger partial charge in [0.1, 0.15) is 29.5 Å². The summed E-state index contributed by atoms with van der Waals surface area (Å²) in [6.07, 6.45) is 2.42. The molecule has 0 aliphatic heterocycles. The van der Waals surface area contributed by atoms with Gasteiger partial charge in [0.05, 0.1) is 24.5 Å². The van der Waals surface area contributed by atoms with Crippen molar-refractivity contribution in [3.8, 4) is 29.3 Å². The second kappa shape index (κ2) is 9.71. The zero-order valence-electron chi connectivity index (χ0n) is 16.0. The number of carboxylic acid groups (broad SMARTS) is 1. The van der Waals surface area contributed by atoms with E-state index in [1.165, 1.54) is 18.7 Å². The predicted octanol–water partition coefficient (Wildman–Crippen LogP) is 4.39. The minimum Gasteiger partial charge on any atom is -0.501 e. The van der Waals surface area contributed by atoms with Crippen LogP contribution >= 0.6 is 0 Å². The van der Waals surface area contributed by atoms with Crippen LogP contribution in [-0.2, 0) is 9.53 Å². The summed E-state index contributed by atoms with van der Waals surface area (Å²) in [5.41, 5.74) is 0.631. The summed E-state index contributed by atoms with van der Waals surface area (Å²) in [5, 5.41) is 18.7. The molecule has 0 bridgehead atoms. The molecule has 1 aromatic heterocycles. The van der Waals surface area contributed by atoms with Gasteiger partial charge in [0.2, 0.25) is 11.8 Å². The van der Waals surface area contributed by atoms with E-state index in [9.17, 15) is 15.2 Å². The van der Waals surface area contributed by atoms with Gasteiger partial charge >= 0.3 is 5.97 Å². The summed E-state index contributed by atoms with van der Waals surface area (Å²) in [6, 6.07) is 16.9. The fourth-order valence-corrected chi connectivity index (χ4v) is 2.48. The number of para-hydroxylation sites is 2. The molecule has 150 valence electrons. The molecule has 0 radical (unpaired) electrons. The number of aliphatic carboxylic acids is 1. The van der Waals surface area contributed by atoms with Crippen LogP contribution in [0.4, 0.5) is 0 Å². The van der Waals surface area contributed by atoms with Crippen molar-refractivity contribution in [2.24, 2.45) is 0 Å². The van der Waals surface area contributed by atoms with Gasteiger partial charge in [-0.3, -0.25) is 0 Å². The molecular formula is C22H17N3O5. The third-order valence-corrected chi connectivity index (χ3v) is 3.83. The smallest absolute Gasteiger partial charge is 0.339 e. The number of carboxylic acids is 1. The monoisotopic (exact) mass is 403 g/mol. The summed E-state index contributed by atoms with van der Waals surface area (Å²) in [7, 11) is 0. The van der Waals surface area contributed by atoms with Crippen LogP contribution in [0.15, 0.2) is 67.2 Å². The number of hydrogen-bond acceptors (Lipinski definition) is 7. The number of rotatable bonds is 8. The van der Waals surface area contributed by atoms with E-state index in [4.69, 9.17) is 14.2 Å². The number of nitriles is 1. The molecular weight excluding hydrogens is 386 g/mol. The third kappa shape index (κ3) is 4.91. The summed E-state index contributed by atoms with van der Waals surface area (Å²) in [4.78, 5) is 19.7. The number of nitrogens with zero attached hydrogens (tertiary/aromatic N) is 3. The molecule has 3 aromatic rings. The molecule has 1 N–H and O–H groups in total. The number of aromatic nitrogens is 2. The van der Waals surface area contributed by atoms with Gasteiger partial charge in [0, 0.05) is 5.56 Å². The van der Waals surface area contributed by atoms with E-state index >= 15 is 0 Å². The van der Waals surface area contributed by atoms with Crippen LogP contribution in [0.5, 0.6) is 23.3 Å². The third-order valence-electron chi connectivity index (χ3n) is 3.83. The fraction of sp³-hybridized carbons (Fsp3) is 0.0909. The molecule has 0 saturated heterocycles. The Bertz CT molecular complexity index is 1120. The molecule has 0 aliphatic rings. The van der Waals surface area contributed by atoms with Crippen molar-refractivity contribution in [1.29, 1.82) is 5.26 Å². The summed E-state index contributed by atoms with van der Waals surface area (Å²) >= 11 is 0. The minimum absolute atomic E-state index is 0.0547. The first-order chi connectivity index (χ1) is 14.6. The van der Waals surface area contributed by atoms with Gasteiger partial charge < -0.3 is 19.3 Å². The quantitative estimate of drug-likeness (QED) is 0.435. The van der Waals surface area contributed by atoms with Crippen molar-refractivity contribution in [1.82, 2.24) is 9.97 Å². The SMILES string of the molecule is CCOC=C(C(=O)O)c1ccccc1Oc1cc(Oc2ccccc2C#N)ncn1. The number of carbonyl (C=O) groups is 1. The Balaban J connectivity index is 1.89. The van der Waals surface area contributed by atoms with Crippen LogP contribution in [0.2, 0.25) is 0 Å². The lowest BCUT2D eigenvalue weighted by molar-refractivity contribution is -0.130. The number of benzene rings is 2. The highest BCUT2D eigenvalue weighted by Gasteiger charge is 2.17. The molecule has 0 atom stereocenters. The van der Waals surface area contributed by atoms with Gasteiger partial charge in [0.25, 0.3) is 0 Å². The molecule has 0 saturated carbocycles. The van der Waals surface area contributed by atoms with E-state index in [1.54, 1.807) is 55.5 Å². The topological polar surface area (TPSA) is 115 Å². The molecule has 0 unspecified atom stereocenters. The van der Waals surface area contributed by atoms with Crippen LogP contribution < -0.4 is 9.47 Å². The Hall–Kier alpha value is -4.38. The van der Waals surface area contributed by atoms with Crippen LogP contribution in [-0.4, -0.2) is 27.7 Å². The predicted molar refractivity (Wildman–Crippen MR) is 107 cm³/mol. The van der Waals surface area contributed by atoms with Gasteiger partial charge in [-0.15, -0.1) is 0 Å². The lowest BCUT2D eigenvalue weighted by atomic mass is 10.1. The molecule has 30 heavy (non-hydrogen) atoms. The van der Waals surface area contributed by atoms with Crippen molar-refractivity contribution >= 4 is 11.5 Å². The zero-order chi connectivity index (χ0) is 21.3. The lowest BCUT2D eigenvalue weighted by Crippen LogP contribution is -2.03. The average Bonchev–Trinajstić information content (AvgIpc) is 2.75. The Morgan fingerprint density at radius 1 is 1.07 bits per heavy atom. The zero-order valence-corrected chi connectivity index (χ0v) is 16.0. The van der Waals surface area contributed by atoms with Crippen LogP contribution in [0, 0.1) is 11.3 Å². The molecule has 1 heterocycles. The Kier molecular flexibility index (Phi) is 6.59. The highest BCUT2D eigenvalue weighted by molar-refractivity contribution is 6.15. The minimum atomic E-state index is -1.15. The van der Waals surface area contributed by atoms with Gasteiger partial charge in [-0.2, -0.15) is 5.26 Å². The van der Waals surface area contributed by atoms with Crippen molar-refractivity contribution in [3.05, 3.63) is 78.3 Å². The van der Waals surface area contributed by atoms with Crippen molar-refractivity contribution in [3.63, 3.8) is 0 Å². The summed E-state index contributed by atoms with van der Waals surface area (Å²) < 4.78 is 16.6. The molecule has 8 nitrogen and oxygen atoms in total. The highest BCUT2D eigenvalue weighted by Crippen LogP contribution is 2.31. The first-order valence-corrected chi connectivity index (χ1v) is 8.93. The van der Waals surface area contributed by atoms with Crippen LogP contribution in [0.1, 0.15) is 18.1 Å². The fourth-order valence-electron chi connectivity index (χ4n) is 2.48. The highest BCUT2D eigenvalue weighted by atomic mass is 16.5. The molecule has 0 spiro atoms. The van der Waals surface area contributed by atoms with Crippen LogP contribution in [0.25, 0.3) is 5.57 Å². The largest absolute Gasteiger partial charge is 0.501 e. The van der Waals surface area contributed by atoms with Crippen molar-refractivity contribution < 1.29 is 24.1 Å². The van der Waals surface area contributed by atoms with E-state index in [0.717, 1.165) is 0 Å². The van der Waals surface area contributed by atoms with E-state index in [1.807, 2.05) is 6.07 Å². The van der Waals surface area contributed by atoms with Gasteiger partial charge in [-0.05, 0) is 25.1 Å². The van der Waals surface area contributed by atoms with Crippen molar-refractivity contribution in [2.45, 2.75) is 6.92 Å². The Labute approximate surface area is 172 Å². The summed E-state index contributed by atoms with van der Waals surface area (Å²) in [5.74, 6) is -0.225. The van der Waals surface area contributed by atoms with Gasteiger partial charge in [-0.25, -0.2) is 14.8 Å². The molecule has 0 amide bonds. The second-order valence-corrected chi connectivity index (χ2v) is 5.79. The maximum Gasteiger partial charge on any atom is 0.339 e. The van der Waals surface area contributed by atoms with Gasteiger partial charge in [-0.1, -0.05) is 30.3 Å². The van der Waals surface area contributed by atoms with Gasteiger partial charge in [0.15, 0.2) is 0 Å². The van der Waals surface area contributed by atoms with Crippen molar-refractivity contribution in [2.75, 3.05) is 6.61 Å². The standard InChI is InChI=1S/C22H17N3O5/c1-2-28-13-17(22(26)27)16-8-4-6-10-19(16)30-21-11-20(24-14-25-21)29-18-9-5-3-7-15(18)12-23/h3-11,13-14H,2H2,1H3,(H,26,27). The average molecular weight is 403 g/mol. The molecule has 0 fully saturated rings. The van der Waals surface area contributed by atoms with E-state index in [-0.39, 0.29) is 23.1 Å². The van der Waals surface area contributed by atoms with E-state index < -0.39 is 5.97 Å². The van der Waals surface area contributed by atoms with E-state index in [2.05, 4.69) is 9.97 Å². The molecule has 2 aromatic carbocycles. The second-order valence-electron chi connectivity index (χ2n) is 5.79. The van der Waals surface area contributed by atoms with Crippen LogP contribution in [0.3, 0.4) is 0 Å².